The summed E-state index contributed by atoms with van der Waals surface area (Å²) in [5, 5.41) is 15.3. The van der Waals surface area contributed by atoms with Gasteiger partial charge in [-0.3, -0.25) is 19.7 Å². The Morgan fingerprint density at radius 3 is 2.62 bits per heavy atom. The Balaban J connectivity index is 1.67. The predicted octanol–water partition coefficient (Wildman–Crippen LogP) is 4.95. The Morgan fingerprint density at radius 1 is 1.08 bits per heavy atom. The van der Waals surface area contributed by atoms with Crippen molar-refractivity contribution in [3.63, 3.8) is 0 Å². The summed E-state index contributed by atoms with van der Waals surface area (Å²) in [6.07, 6.45) is 1.84. The van der Waals surface area contributed by atoms with Crippen molar-refractivity contribution in [2.24, 2.45) is 0 Å². The number of para-hydroxylation sites is 1. The van der Waals surface area contributed by atoms with Crippen LogP contribution in [-0.4, -0.2) is 46.9 Å². The van der Waals surface area contributed by atoms with Gasteiger partial charge in [-0.05, 0) is 30.7 Å². The molecule has 1 aliphatic rings. The third-order valence-electron chi connectivity index (χ3n) is 6.96. The van der Waals surface area contributed by atoms with Crippen LogP contribution in [0.15, 0.2) is 72.9 Å². The topological polar surface area (TPSA) is 118 Å². The lowest BCUT2D eigenvalue weighted by Crippen LogP contribution is -2.47. The molecule has 0 aliphatic carbocycles. The highest BCUT2D eigenvalue weighted by atomic mass is 16.6. The predicted molar refractivity (Wildman–Crippen MR) is 140 cm³/mol. The highest BCUT2D eigenvalue weighted by Crippen LogP contribution is 2.45. The first-order valence-electron chi connectivity index (χ1n) is 11.9. The van der Waals surface area contributed by atoms with Gasteiger partial charge in [-0.2, -0.15) is 0 Å². The maximum atomic E-state index is 14.1. The Hall–Kier alpha value is -4.50. The van der Waals surface area contributed by atoms with Gasteiger partial charge in [0.1, 0.15) is 0 Å². The number of hydrogen-bond donors (Lipinski definition) is 2. The van der Waals surface area contributed by atoms with Crippen LogP contribution in [0.25, 0.3) is 10.9 Å². The lowest BCUT2D eigenvalue weighted by Gasteiger charge is -2.41. The third-order valence-corrected chi connectivity index (χ3v) is 6.96. The molecule has 0 fully saturated rings. The van der Waals surface area contributed by atoms with Gasteiger partial charge in [-0.15, -0.1) is 0 Å². The zero-order valence-electron chi connectivity index (χ0n) is 20.4. The maximum absolute atomic E-state index is 14.1. The number of carbonyl (C=O) groups excluding carboxylic acids is 2. The quantitative estimate of drug-likeness (QED) is 0.276. The summed E-state index contributed by atoms with van der Waals surface area (Å²) in [4.78, 5) is 43.7. The molecule has 2 N–H and O–H groups in total. The number of rotatable bonds is 7. The molecule has 5 rings (SSSR count). The Labute approximate surface area is 213 Å². The van der Waals surface area contributed by atoms with Gasteiger partial charge in [0.25, 0.3) is 11.6 Å². The summed E-state index contributed by atoms with van der Waals surface area (Å²) in [5.74, 6) is -1.32. The van der Waals surface area contributed by atoms with Crippen LogP contribution < -0.4 is 5.32 Å². The van der Waals surface area contributed by atoms with Crippen LogP contribution in [0.1, 0.15) is 39.0 Å². The number of carbonyl (C=O) groups is 2. The molecule has 0 saturated carbocycles. The summed E-state index contributed by atoms with van der Waals surface area (Å²) in [5.41, 5.74) is 3.40. The van der Waals surface area contributed by atoms with E-state index < -0.39 is 16.9 Å². The molecule has 2 atom stereocenters. The molecule has 2 unspecified atom stereocenters. The van der Waals surface area contributed by atoms with E-state index in [1.54, 1.807) is 49.3 Å². The second-order valence-corrected chi connectivity index (χ2v) is 8.99. The molecular formula is C28H26N4O5. The van der Waals surface area contributed by atoms with E-state index in [0.29, 0.717) is 29.0 Å². The van der Waals surface area contributed by atoms with Gasteiger partial charge in [0.05, 0.1) is 34.7 Å². The summed E-state index contributed by atoms with van der Waals surface area (Å²) < 4.78 is 5.31. The SMILES string of the molecule is COCCN1C(=O)c2ccccc2C(C(=O)Nc2cccc([N+](=O)[O-])c2C)C1c1c[nH]c2ccccc12. The average Bonchev–Trinajstić information content (AvgIpc) is 3.33. The van der Waals surface area contributed by atoms with Crippen molar-refractivity contribution in [2.75, 3.05) is 25.6 Å². The summed E-state index contributed by atoms with van der Waals surface area (Å²) in [6, 6.07) is 18.8. The molecule has 4 aromatic rings. The van der Waals surface area contributed by atoms with Gasteiger partial charge in [-0.1, -0.05) is 42.5 Å². The highest BCUT2D eigenvalue weighted by Gasteiger charge is 2.45. The fourth-order valence-electron chi connectivity index (χ4n) is 5.16. The Bertz CT molecular complexity index is 1510. The van der Waals surface area contributed by atoms with E-state index in [2.05, 4.69) is 10.3 Å². The fourth-order valence-corrected chi connectivity index (χ4v) is 5.16. The molecule has 3 aromatic carbocycles. The van der Waals surface area contributed by atoms with Gasteiger partial charge in [0.2, 0.25) is 5.91 Å². The first-order valence-corrected chi connectivity index (χ1v) is 11.9. The van der Waals surface area contributed by atoms with E-state index in [1.165, 1.54) is 6.07 Å². The van der Waals surface area contributed by atoms with Crippen molar-refractivity contribution in [2.45, 2.75) is 18.9 Å². The van der Waals surface area contributed by atoms with Crippen molar-refractivity contribution in [3.8, 4) is 0 Å². The molecule has 188 valence electrons. The largest absolute Gasteiger partial charge is 0.383 e. The minimum absolute atomic E-state index is 0.0769. The Morgan fingerprint density at radius 2 is 1.84 bits per heavy atom. The number of aromatic nitrogens is 1. The minimum atomic E-state index is -0.774. The van der Waals surface area contributed by atoms with Gasteiger partial charge in [-0.25, -0.2) is 0 Å². The van der Waals surface area contributed by atoms with Crippen LogP contribution in [-0.2, 0) is 9.53 Å². The molecule has 2 amide bonds. The van der Waals surface area contributed by atoms with Gasteiger partial charge in [0, 0.05) is 47.9 Å². The lowest BCUT2D eigenvalue weighted by molar-refractivity contribution is -0.385. The van der Waals surface area contributed by atoms with Crippen LogP contribution in [0.4, 0.5) is 11.4 Å². The van der Waals surface area contributed by atoms with Crippen molar-refractivity contribution < 1.29 is 19.2 Å². The van der Waals surface area contributed by atoms with Crippen molar-refractivity contribution in [1.82, 2.24) is 9.88 Å². The molecule has 0 spiro atoms. The number of benzene rings is 3. The molecule has 0 radical (unpaired) electrons. The maximum Gasteiger partial charge on any atom is 0.274 e. The smallest absolute Gasteiger partial charge is 0.274 e. The number of nitrogens with one attached hydrogen (secondary N) is 2. The molecule has 37 heavy (non-hydrogen) atoms. The Kier molecular flexibility index (Phi) is 6.45. The number of aromatic amines is 1. The number of amides is 2. The molecule has 0 bridgehead atoms. The second kappa shape index (κ2) is 9.87. The van der Waals surface area contributed by atoms with Crippen LogP contribution in [0.2, 0.25) is 0 Å². The van der Waals surface area contributed by atoms with Crippen molar-refractivity contribution in [3.05, 3.63) is 105 Å². The molecule has 9 heteroatoms. The van der Waals surface area contributed by atoms with Crippen molar-refractivity contribution in [1.29, 1.82) is 0 Å². The number of nitrogens with zero attached hydrogens (tertiary/aromatic N) is 2. The van der Waals surface area contributed by atoms with E-state index in [9.17, 15) is 19.7 Å². The number of ether oxygens (including phenoxy) is 1. The highest BCUT2D eigenvalue weighted by molar-refractivity contribution is 6.05. The van der Waals surface area contributed by atoms with E-state index >= 15 is 0 Å². The molecule has 1 aromatic heterocycles. The zero-order valence-corrected chi connectivity index (χ0v) is 20.4. The number of methoxy groups -OCH3 is 1. The number of hydrogen-bond acceptors (Lipinski definition) is 5. The van der Waals surface area contributed by atoms with E-state index in [1.807, 2.05) is 36.5 Å². The van der Waals surface area contributed by atoms with Crippen LogP contribution >= 0.6 is 0 Å². The standard InChI is InChI=1S/C28H26N4O5/c1-17-22(12-7-13-24(17)32(35)36)30-27(33)25-19-9-3-4-10-20(19)28(34)31(14-15-37-2)26(25)21-16-29-23-11-6-5-8-18(21)23/h3-13,16,25-26,29H,14-15H2,1-2H3,(H,30,33). The average molecular weight is 499 g/mol. The number of fused-ring (bicyclic) bond motifs is 2. The molecule has 2 heterocycles. The number of nitro benzene ring substituents is 1. The van der Waals surface area contributed by atoms with Crippen LogP contribution in [0.3, 0.4) is 0 Å². The third kappa shape index (κ3) is 4.23. The summed E-state index contributed by atoms with van der Waals surface area (Å²) in [7, 11) is 1.57. The molecule has 0 saturated heterocycles. The lowest BCUT2D eigenvalue weighted by atomic mass is 9.79. The fraction of sp³-hybridized carbons (Fsp3) is 0.214. The van der Waals surface area contributed by atoms with Crippen LogP contribution in [0.5, 0.6) is 0 Å². The van der Waals surface area contributed by atoms with E-state index in [-0.39, 0.29) is 24.0 Å². The van der Waals surface area contributed by atoms with Gasteiger partial charge >= 0.3 is 0 Å². The number of H-pyrrole nitrogens is 1. The first kappa shape index (κ1) is 24.2. The molecule has 9 nitrogen and oxygen atoms in total. The summed E-state index contributed by atoms with van der Waals surface area (Å²) in [6.45, 7) is 2.19. The number of anilines is 1. The normalized spacial score (nSPS) is 17.0. The van der Waals surface area contributed by atoms with Gasteiger partial charge in [0.15, 0.2) is 0 Å². The number of nitro groups is 1. The van der Waals surface area contributed by atoms with Gasteiger partial charge < -0.3 is 19.9 Å². The molecular weight excluding hydrogens is 472 g/mol. The van der Waals surface area contributed by atoms with Crippen molar-refractivity contribution >= 4 is 34.1 Å². The molecule has 1 aliphatic heterocycles. The van der Waals surface area contributed by atoms with Crippen LogP contribution in [0, 0.1) is 17.0 Å². The first-order chi connectivity index (χ1) is 17.9. The minimum Gasteiger partial charge on any atom is -0.383 e. The van der Waals surface area contributed by atoms with E-state index in [4.69, 9.17) is 4.74 Å². The monoisotopic (exact) mass is 498 g/mol. The van der Waals surface area contributed by atoms with E-state index in [0.717, 1.165) is 16.5 Å². The summed E-state index contributed by atoms with van der Waals surface area (Å²) >= 11 is 0. The second-order valence-electron chi connectivity index (χ2n) is 8.99. The zero-order chi connectivity index (χ0) is 26.1.